The van der Waals surface area contributed by atoms with E-state index < -0.39 is 12.2 Å². The van der Waals surface area contributed by atoms with Crippen molar-refractivity contribution in [2.75, 3.05) is 26.4 Å². The molecule has 0 heterocycles. The van der Waals surface area contributed by atoms with Crippen LogP contribution in [0.15, 0.2) is 72.9 Å². The third-order valence-electron chi connectivity index (χ3n) is 15.6. The van der Waals surface area contributed by atoms with Gasteiger partial charge in [0.15, 0.2) is 12.2 Å². The molecular formula is C76H134O9. The Balaban J connectivity index is 5.35. The summed E-state index contributed by atoms with van der Waals surface area (Å²) in [5.74, 6) is -1.38. The minimum atomic E-state index is -0.846. The van der Waals surface area contributed by atoms with Gasteiger partial charge >= 0.3 is 23.9 Å². The zero-order valence-electron chi connectivity index (χ0n) is 55.9. The number of rotatable bonds is 66. The van der Waals surface area contributed by atoms with Crippen molar-refractivity contribution < 1.29 is 42.9 Å². The number of esters is 4. The Morgan fingerprint density at radius 3 is 0.788 bits per heavy atom. The second kappa shape index (κ2) is 69.4. The zero-order chi connectivity index (χ0) is 61.7. The van der Waals surface area contributed by atoms with E-state index in [1.165, 1.54) is 180 Å². The van der Waals surface area contributed by atoms with E-state index in [0.717, 1.165) is 109 Å². The molecule has 85 heavy (non-hydrogen) atoms. The van der Waals surface area contributed by atoms with Crippen LogP contribution in [-0.4, -0.2) is 62.5 Å². The second-order valence-corrected chi connectivity index (χ2v) is 24.1. The van der Waals surface area contributed by atoms with Crippen LogP contribution in [0.5, 0.6) is 0 Å². The van der Waals surface area contributed by atoms with E-state index in [1.807, 2.05) is 0 Å². The van der Waals surface area contributed by atoms with Gasteiger partial charge < -0.3 is 23.7 Å². The fourth-order valence-electron chi connectivity index (χ4n) is 10.1. The van der Waals surface area contributed by atoms with E-state index in [2.05, 4.69) is 101 Å². The third-order valence-corrected chi connectivity index (χ3v) is 15.6. The molecule has 0 N–H and O–H groups in total. The fourth-order valence-corrected chi connectivity index (χ4v) is 10.1. The highest BCUT2D eigenvalue weighted by atomic mass is 16.6. The summed E-state index contributed by atoms with van der Waals surface area (Å²) in [6.45, 7) is 8.60. The van der Waals surface area contributed by atoms with Crippen LogP contribution in [0.1, 0.15) is 349 Å². The summed E-state index contributed by atoms with van der Waals surface area (Å²) >= 11 is 0. The first-order valence-electron chi connectivity index (χ1n) is 36.0. The lowest BCUT2D eigenvalue weighted by Crippen LogP contribution is -2.34. The van der Waals surface area contributed by atoms with Gasteiger partial charge in [0, 0.05) is 25.7 Å². The number of carbonyl (C=O) groups excluding carboxylic acids is 4. The van der Waals surface area contributed by atoms with Crippen LogP contribution < -0.4 is 0 Å². The van der Waals surface area contributed by atoms with Crippen LogP contribution in [0, 0.1) is 0 Å². The van der Waals surface area contributed by atoms with E-state index in [4.69, 9.17) is 23.7 Å². The lowest BCUT2D eigenvalue weighted by Gasteiger charge is -2.21. The van der Waals surface area contributed by atoms with Crippen LogP contribution >= 0.6 is 0 Å². The predicted octanol–water partition coefficient (Wildman–Crippen LogP) is 22.8. The van der Waals surface area contributed by atoms with Gasteiger partial charge in [0.05, 0.1) is 13.2 Å². The molecule has 9 nitrogen and oxygen atoms in total. The van der Waals surface area contributed by atoms with Crippen molar-refractivity contribution in [3.05, 3.63) is 72.9 Å². The summed E-state index contributed by atoms with van der Waals surface area (Å²) in [6.07, 6.45) is 79.0. The van der Waals surface area contributed by atoms with E-state index in [-0.39, 0.29) is 63.1 Å². The Labute approximate surface area is 524 Å². The minimum Gasteiger partial charge on any atom is -0.462 e. The monoisotopic (exact) mass is 1190 g/mol. The second-order valence-electron chi connectivity index (χ2n) is 24.1. The molecule has 0 aromatic rings. The van der Waals surface area contributed by atoms with Gasteiger partial charge in [-0.3, -0.25) is 19.2 Å². The molecule has 0 rings (SSSR count). The summed E-state index contributed by atoms with van der Waals surface area (Å²) in [4.78, 5) is 52.3. The van der Waals surface area contributed by atoms with Crippen LogP contribution in [0.25, 0.3) is 0 Å². The molecule has 492 valence electrons. The SMILES string of the molecule is CCCCC/C=C\C/C=C\C/C=C\C/C=C\CCCC(=O)OC(COCC(COC(=O)CCCCCCCCCCCCCCC)OC(=O)CCCCCCC/C=C\C/C=C\CCCCC)COC(=O)CCCCCCCCCCCCCCC. The highest BCUT2D eigenvalue weighted by Gasteiger charge is 2.22. The fraction of sp³-hybridized carbons (Fsp3) is 0.789. The van der Waals surface area contributed by atoms with E-state index in [9.17, 15) is 19.2 Å². The summed E-state index contributed by atoms with van der Waals surface area (Å²) < 4.78 is 29.2. The van der Waals surface area contributed by atoms with Crippen LogP contribution in [0.3, 0.4) is 0 Å². The van der Waals surface area contributed by atoms with Gasteiger partial charge in [-0.25, -0.2) is 0 Å². The molecule has 0 aliphatic rings. The highest BCUT2D eigenvalue weighted by molar-refractivity contribution is 5.71. The number of ether oxygens (including phenoxy) is 5. The number of hydrogen-bond acceptors (Lipinski definition) is 9. The summed E-state index contributed by atoms with van der Waals surface area (Å²) in [5, 5.41) is 0. The molecule has 0 saturated carbocycles. The Kier molecular flexibility index (Phi) is 66.3. The first kappa shape index (κ1) is 81.3. The zero-order valence-corrected chi connectivity index (χ0v) is 55.9. The van der Waals surface area contributed by atoms with Crippen molar-refractivity contribution in [1.82, 2.24) is 0 Å². The van der Waals surface area contributed by atoms with E-state index in [1.54, 1.807) is 0 Å². The average molecular weight is 1190 g/mol. The molecule has 0 aromatic heterocycles. The van der Waals surface area contributed by atoms with Crippen LogP contribution in [-0.2, 0) is 42.9 Å². The number of carbonyl (C=O) groups is 4. The minimum absolute atomic E-state index is 0.0626. The molecule has 0 fully saturated rings. The van der Waals surface area contributed by atoms with Crippen molar-refractivity contribution in [2.45, 2.75) is 361 Å². The molecule has 0 amide bonds. The Morgan fingerprint density at radius 1 is 0.247 bits per heavy atom. The van der Waals surface area contributed by atoms with Gasteiger partial charge in [-0.2, -0.15) is 0 Å². The predicted molar refractivity (Wildman–Crippen MR) is 361 cm³/mol. The third kappa shape index (κ3) is 66.1. The lowest BCUT2D eigenvalue weighted by atomic mass is 10.0. The Hall–Kier alpha value is -3.72. The van der Waals surface area contributed by atoms with Gasteiger partial charge in [0.2, 0.25) is 0 Å². The number of hydrogen-bond donors (Lipinski definition) is 0. The molecule has 2 atom stereocenters. The molecule has 0 spiro atoms. The smallest absolute Gasteiger partial charge is 0.306 e. The first-order valence-corrected chi connectivity index (χ1v) is 36.0. The van der Waals surface area contributed by atoms with Crippen molar-refractivity contribution in [2.24, 2.45) is 0 Å². The van der Waals surface area contributed by atoms with Crippen molar-refractivity contribution >= 4 is 23.9 Å². The van der Waals surface area contributed by atoms with Crippen molar-refractivity contribution in [1.29, 1.82) is 0 Å². The Morgan fingerprint density at radius 2 is 0.471 bits per heavy atom. The molecule has 0 aliphatic heterocycles. The van der Waals surface area contributed by atoms with Gasteiger partial charge in [-0.15, -0.1) is 0 Å². The summed E-state index contributed by atoms with van der Waals surface area (Å²) in [5.41, 5.74) is 0. The molecule has 2 unspecified atom stereocenters. The molecular weight excluding hydrogens is 1060 g/mol. The van der Waals surface area contributed by atoms with Crippen molar-refractivity contribution in [3.63, 3.8) is 0 Å². The standard InChI is InChI=1S/C76H134O9/c1-5-9-13-17-21-25-29-33-35-36-38-42-46-50-54-58-62-66-76(80)85-72(70-83-74(78)64-60-56-52-48-44-40-32-28-24-20-16-12-8-4)68-81-67-71(69-82-73(77)63-59-55-51-47-43-39-31-27-23-19-15-11-7-3)84-75(79)65-61-57-53-49-45-41-37-34-30-26-22-18-14-10-6-2/h21-22,25-26,33-35,37-38,42,50,54,71-72H,5-20,23-24,27-32,36,39-41,43-49,51-53,55-70H2,1-4H3/b25-21-,26-22-,35-33-,37-34-,42-38-,54-50-. The van der Waals surface area contributed by atoms with Crippen molar-refractivity contribution in [3.8, 4) is 0 Å². The van der Waals surface area contributed by atoms with E-state index in [0.29, 0.717) is 19.3 Å². The largest absolute Gasteiger partial charge is 0.462 e. The maximum atomic E-state index is 13.2. The molecule has 9 heteroatoms. The quantitative estimate of drug-likeness (QED) is 0.0254. The lowest BCUT2D eigenvalue weighted by molar-refractivity contribution is -0.168. The van der Waals surface area contributed by atoms with Gasteiger partial charge in [-0.05, 0) is 96.3 Å². The molecule has 0 aliphatic carbocycles. The molecule has 0 bridgehead atoms. The van der Waals surface area contributed by atoms with E-state index >= 15 is 0 Å². The van der Waals surface area contributed by atoms with Gasteiger partial charge in [0.1, 0.15) is 13.2 Å². The molecule has 0 radical (unpaired) electrons. The first-order chi connectivity index (χ1) is 41.9. The average Bonchev–Trinajstić information content (AvgIpc) is 3.50. The summed E-state index contributed by atoms with van der Waals surface area (Å²) in [7, 11) is 0. The van der Waals surface area contributed by atoms with Gasteiger partial charge in [0.25, 0.3) is 0 Å². The van der Waals surface area contributed by atoms with Crippen LogP contribution in [0.4, 0.5) is 0 Å². The highest BCUT2D eigenvalue weighted by Crippen LogP contribution is 2.17. The number of allylic oxidation sites excluding steroid dienone is 12. The summed E-state index contributed by atoms with van der Waals surface area (Å²) in [6, 6.07) is 0. The molecule has 0 aromatic carbocycles. The Bertz CT molecular complexity index is 1640. The maximum Gasteiger partial charge on any atom is 0.306 e. The van der Waals surface area contributed by atoms with Gasteiger partial charge in [-0.1, -0.05) is 300 Å². The number of unbranched alkanes of at least 4 members (excludes halogenated alkanes) is 36. The topological polar surface area (TPSA) is 114 Å². The van der Waals surface area contributed by atoms with Crippen LogP contribution in [0.2, 0.25) is 0 Å². The molecule has 0 saturated heterocycles. The normalized spacial score (nSPS) is 12.8. The maximum absolute atomic E-state index is 13.2.